The van der Waals surface area contributed by atoms with Gasteiger partial charge in [-0.1, -0.05) is 41.4 Å². The Hall–Kier alpha value is -2.26. The highest BCUT2D eigenvalue weighted by atomic mass is 35.5. The predicted octanol–water partition coefficient (Wildman–Crippen LogP) is 4.56. The summed E-state index contributed by atoms with van der Waals surface area (Å²) >= 11 is 7.18. The number of carbonyl (C=O) groups excluding carboxylic acids is 1. The molecule has 30 heavy (non-hydrogen) atoms. The number of halogens is 1. The highest BCUT2D eigenvalue weighted by molar-refractivity contribution is 7.89. The Balaban J connectivity index is 1.50. The Morgan fingerprint density at radius 1 is 1.17 bits per heavy atom. The lowest BCUT2D eigenvalue weighted by Gasteiger charge is -2.23. The van der Waals surface area contributed by atoms with E-state index in [0.29, 0.717) is 29.5 Å². The Kier molecular flexibility index (Phi) is 5.92. The van der Waals surface area contributed by atoms with Crippen LogP contribution in [-0.4, -0.2) is 36.2 Å². The first kappa shape index (κ1) is 21.0. The van der Waals surface area contributed by atoms with E-state index in [0.717, 1.165) is 16.8 Å². The average Bonchev–Trinajstić information content (AvgIpc) is 3.39. The summed E-state index contributed by atoms with van der Waals surface area (Å²) in [7, 11) is -3.79. The second-order valence-electron chi connectivity index (χ2n) is 7.12. The molecule has 9 heteroatoms. The Morgan fingerprint density at radius 3 is 2.57 bits per heavy atom. The highest BCUT2D eigenvalue weighted by Gasteiger charge is 2.39. The lowest BCUT2D eigenvalue weighted by molar-refractivity contribution is -0.119. The SMILES string of the molecule is Cc1ccc(-c2csc(NC(=O)[C@H]3CCCN3S(=O)(=O)c3ccc(Cl)cc3)n2)cc1. The number of thiazole rings is 1. The van der Waals surface area contributed by atoms with Crippen molar-refractivity contribution in [1.82, 2.24) is 9.29 Å². The van der Waals surface area contributed by atoms with Crippen LogP contribution in [-0.2, 0) is 14.8 Å². The van der Waals surface area contributed by atoms with E-state index < -0.39 is 16.1 Å². The van der Waals surface area contributed by atoms with Crippen LogP contribution in [0.5, 0.6) is 0 Å². The third-order valence-corrected chi connectivity index (χ3v) is 7.94. The van der Waals surface area contributed by atoms with E-state index in [2.05, 4.69) is 10.3 Å². The summed E-state index contributed by atoms with van der Waals surface area (Å²) in [4.78, 5) is 17.5. The minimum Gasteiger partial charge on any atom is -0.301 e. The van der Waals surface area contributed by atoms with E-state index in [-0.39, 0.29) is 10.8 Å². The van der Waals surface area contributed by atoms with Crippen LogP contribution in [0.15, 0.2) is 58.8 Å². The van der Waals surface area contributed by atoms with Crippen molar-refractivity contribution in [1.29, 1.82) is 0 Å². The number of hydrogen-bond donors (Lipinski definition) is 1. The van der Waals surface area contributed by atoms with Crippen molar-refractivity contribution in [3.8, 4) is 11.3 Å². The van der Waals surface area contributed by atoms with Crippen molar-refractivity contribution in [2.45, 2.75) is 30.7 Å². The lowest BCUT2D eigenvalue weighted by Crippen LogP contribution is -2.43. The second-order valence-corrected chi connectivity index (χ2v) is 10.3. The summed E-state index contributed by atoms with van der Waals surface area (Å²) in [6.45, 7) is 2.32. The number of hydrogen-bond acceptors (Lipinski definition) is 5. The number of benzene rings is 2. The van der Waals surface area contributed by atoms with Gasteiger partial charge in [0.05, 0.1) is 10.6 Å². The summed E-state index contributed by atoms with van der Waals surface area (Å²) in [5.41, 5.74) is 2.89. The van der Waals surface area contributed by atoms with Crippen LogP contribution in [0.4, 0.5) is 5.13 Å². The fourth-order valence-electron chi connectivity index (χ4n) is 3.41. The molecule has 0 unspecified atom stereocenters. The fraction of sp³-hybridized carbons (Fsp3) is 0.238. The molecule has 1 saturated heterocycles. The number of nitrogens with one attached hydrogen (secondary N) is 1. The van der Waals surface area contributed by atoms with E-state index in [1.165, 1.54) is 39.9 Å². The Morgan fingerprint density at radius 2 is 1.87 bits per heavy atom. The first-order valence-electron chi connectivity index (χ1n) is 9.45. The molecule has 1 aromatic heterocycles. The molecule has 156 valence electrons. The molecule has 6 nitrogen and oxygen atoms in total. The van der Waals surface area contributed by atoms with Crippen molar-refractivity contribution >= 4 is 44.0 Å². The highest BCUT2D eigenvalue weighted by Crippen LogP contribution is 2.29. The number of anilines is 1. The van der Waals surface area contributed by atoms with Gasteiger partial charge in [0.25, 0.3) is 0 Å². The molecule has 1 aliphatic heterocycles. The van der Waals surface area contributed by atoms with Gasteiger partial charge in [0.15, 0.2) is 5.13 Å². The van der Waals surface area contributed by atoms with Gasteiger partial charge >= 0.3 is 0 Å². The van der Waals surface area contributed by atoms with Crippen LogP contribution in [0, 0.1) is 6.92 Å². The zero-order chi connectivity index (χ0) is 21.3. The summed E-state index contributed by atoms with van der Waals surface area (Å²) in [6.07, 6.45) is 1.09. The van der Waals surface area contributed by atoms with Crippen molar-refractivity contribution in [3.63, 3.8) is 0 Å². The molecule has 1 N–H and O–H groups in total. The molecule has 1 fully saturated rings. The molecular formula is C21H20ClN3O3S2. The van der Waals surface area contributed by atoms with E-state index in [9.17, 15) is 13.2 Å². The van der Waals surface area contributed by atoms with Gasteiger partial charge in [0.2, 0.25) is 15.9 Å². The second kappa shape index (κ2) is 8.47. The summed E-state index contributed by atoms with van der Waals surface area (Å²) in [6, 6.07) is 13.2. The van der Waals surface area contributed by atoms with Gasteiger partial charge in [-0.25, -0.2) is 13.4 Å². The molecule has 1 amide bonds. The van der Waals surface area contributed by atoms with Crippen LogP contribution in [0.2, 0.25) is 5.02 Å². The van der Waals surface area contributed by atoms with E-state index in [1.54, 1.807) is 0 Å². The molecule has 2 heterocycles. The molecule has 2 aromatic carbocycles. The van der Waals surface area contributed by atoms with E-state index >= 15 is 0 Å². The normalized spacial score (nSPS) is 17.2. The number of amides is 1. The summed E-state index contributed by atoms with van der Waals surface area (Å²) < 4.78 is 27.3. The van der Waals surface area contributed by atoms with Crippen molar-refractivity contribution in [3.05, 3.63) is 64.5 Å². The Labute approximate surface area is 184 Å². The first-order chi connectivity index (χ1) is 14.3. The van der Waals surface area contributed by atoms with Crippen LogP contribution in [0.3, 0.4) is 0 Å². The van der Waals surface area contributed by atoms with Crippen molar-refractivity contribution in [2.75, 3.05) is 11.9 Å². The minimum atomic E-state index is -3.79. The third kappa shape index (κ3) is 4.27. The smallest absolute Gasteiger partial charge is 0.244 e. The van der Waals surface area contributed by atoms with Crippen LogP contribution in [0.1, 0.15) is 18.4 Å². The number of aromatic nitrogens is 1. The van der Waals surface area contributed by atoms with Gasteiger partial charge in [0.1, 0.15) is 6.04 Å². The minimum absolute atomic E-state index is 0.127. The predicted molar refractivity (Wildman–Crippen MR) is 119 cm³/mol. The third-order valence-electron chi connectivity index (χ3n) is 5.01. The zero-order valence-corrected chi connectivity index (χ0v) is 18.6. The average molecular weight is 462 g/mol. The van der Waals surface area contributed by atoms with Gasteiger partial charge in [-0.3, -0.25) is 4.79 Å². The summed E-state index contributed by atoms with van der Waals surface area (Å²) in [5.74, 6) is -0.366. The topological polar surface area (TPSA) is 79.4 Å². The largest absolute Gasteiger partial charge is 0.301 e. The van der Waals surface area contributed by atoms with E-state index in [4.69, 9.17) is 11.6 Å². The van der Waals surface area contributed by atoms with Gasteiger partial charge in [-0.15, -0.1) is 11.3 Å². The number of sulfonamides is 1. The van der Waals surface area contributed by atoms with Gasteiger partial charge in [-0.2, -0.15) is 4.31 Å². The number of nitrogens with zero attached hydrogens (tertiary/aromatic N) is 2. The maximum Gasteiger partial charge on any atom is 0.244 e. The molecule has 1 aliphatic rings. The molecule has 1 atom stereocenters. The molecule has 0 aliphatic carbocycles. The van der Waals surface area contributed by atoms with Gasteiger partial charge < -0.3 is 5.32 Å². The zero-order valence-electron chi connectivity index (χ0n) is 16.2. The molecule has 3 aromatic rings. The maximum atomic E-state index is 13.0. The van der Waals surface area contributed by atoms with Crippen molar-refractivity contribution < 1.29 is 13.2 Å². The van der Waals surface area contributed by atoms with Crippen LogP contribution in [0.25, 0.3) is 11.3 Å². The molecule has 0 saturated carbocycles. The molecule has 0 bridgehead atoms. The van der Waals surface area contributed by atoms with Gasteiger partial charge in [0, 0.05) is 22.5 Å². The molecular weight excluding hydrogens is 442 g/mol. The quantitative estimate of drug-likeness (QED) is 0.603. The van der Waals surface area contributed by atoms with E-state index in [1.807, 2.05) is 36.6 Å². The van der Waals surface area contributed by atoms with Gasteiger partial charge in [-0.05, 0) is 44.0 Å². The van der Waals surface area contributed by atoms with Crippen LogP contribution < -0.4 is 5.32 Å². The standard InChI is InChI=1S/C21H20ClN3O3S2/c1-14-4-6-15(7-5-14)18-13-29-21(23-18)24-20(26)19-3-2-12-25(19)30(27,28)17-10-8-16(22)9-11-17/h4-11,13,19H,2-3,12H2,1H3,(H,23,24,26)/t19-/m1/s1. The lowest BCUT2D eigenvalue weighted by atomic mass is 10.1. The van der Waals surface area contributed by atoms with Crippen molar-refractivity contribution in [2.24, 2.45) is 0 Å². The molecule has 4 rings (SSSR count). The fourth-order valence-corrected chi connectivity index (χ4v) is 5.91. The monoisotopic (exact) mass is 461 g/mol. The Bertz CT molecular complexity index is 1160. The number of carbonyl (C=O) groups is 1. The number of aryl methyl sites for hydroxylation is 1. The first-order valence-corrected chi connectivity index (χ1v) is 12.2. The summed E-state index contributed by atoms with van der Waals surface area (Å²) in [5, 5.41) is 5.57. The maximum absolute atomic E-state index is 13.0. The number of rotatable bonds is 5. The molecule has 0 radical (unpaired) electrons. The van der Waals surface area contributed by atoms with Crippen LogP contribution >= 0.6 is 22.9 Å². The molecule has 0 spiro atoms.